The Balaban J connectivity index is 2.19. The van der Waals surface area contributed by atoms with Crippen LogP contribution in [0.4, 0.5) is 11.4 Å². The summed E-state index contributed by atoms with van der Waals surface area (Å²) in [4.78, 5) is 0. The SMILES string of the molecule is CCN(N=Nc1ccccc1I)c1ccccc1. The zero-order valence-electron chi connectivity index (χ0n) is 10.1. The molecule has 0 aromatic heterocycles. The average Bonchev–Trinajstić information content (AvgIpc) is 2.42. The molecule has 0 atom stereocenters. The monoisotopic (exact) mass is 351 g/mol. The van der Waals surface area contributed by atoms with Gasteiger partial charge in [-0.05, 0) is 53.8 Å². The predicted molar refractivity (Wildman–Crippen MR) is 83.1 cm³/mol. The van der Waals surface area contributed by atoms with Gasteiger partial charge in [0.15, 0.2) is 0 Å². The van der Waals surface area contributed by atoms with Crippen LogP contribution < -0.4 is 5.01 Å². The van der Waals surface area contributed by atoms with Crippen LogP contribution in [-0.2, 0) is 0 Å². The van der Waals surface area contributed by atoms with Crippen molar-refractivity contribution < 1.29 is 0 Å². The van der Waals surface area contributed by atoms with Gasteiger partial charge in [0.1, 0.15) is 5.69 Å². The van der Waals surface area contributed by atoms with E-state index in [-0.39, 0.29) is 0 Å². The van der Waals surface area contributed by atoms with Gasteiger partial charge in [0, 0.05) is 10.1 Å². The van der Waals surface area contributed by atoms with Gasteiger partial charge in [-0.1, -0.05) is 35.6 Å². The lowest BCUT2D eigenvalue weighted by atomic mass is 10.3. The van der Waals surface area contributed by atoms with Gasteiger partial charge >= 0.3 is 0 Å². The largest absolute Gasteiger partial charge is 0.247 e. The summed E-state index contributed by atoms with van der Waals surface area (Å²) in [5, 5.41) is 10.5. The third kappa shape index (κ3) is 3.29. The first-order chi connectivity index (χ1) is 8.81. The number of hydrogen-bond donors (Lipinski definition) is 0. The normalized spacial score (nSPS) is 10.8. The van der Waals surface area contributed by atoms with Crippen molar-refractivity contribution in [2.75, 3.05) is 11.6 Å². The summed E-state index contributed by atoms with van der Waals surface area (Å²) in [6.45, 7) is 2.85. The Kier molecular flexibility index (Phi) is 4.69. The molecule has 92 valence electrons. The number of para-hydroxylation sites is 1. The summed E-state index contributed by atoms with van der Waals surface area (Å²) < 4.78 is 1.10. The van der Waals surface area contributed by atoms with Crippen molar-refractivity contribution in [3.8, 4) is 0 Å². The summed E-state index contributed by atoms with van der Waals surface area (Å²) in [7, 11) is 0. The lowest BCUT2D eigenvalue weighted by molar-refractivity contribution is 0.834. The minimum absolute atomic E-state index is 0.789. The van der Waals surface area contributed by atoms with Gasteiger partial charge in [-0.25, -0.2) is 5.01 Å². The average molecular weight is 351 g/mol. The van der Waals surface area contributed by atoms with Crippen LogP contribution in [0.5, 0.6) is 0 Å². The Morgan fingerprint density at radius 2 is 1.67 bits per heavy atom. The van der Waals surface area contributed by atoms with Gasteiger partial charge in [0.05, 0.1) is 5.69 Å². The van der Waals surface area contributed by atoms with E-state index in [1.807, 2.05) is 59.6 Å². The molecule has 2 rings (SSSR count). The van der Waals surface area contributed by atoms with Crippen molar-refractivity contribution in [1.29, 1.82) is 0 Å². The molecule has 2 aromatic rings. The molecule has 0 aliphatic rings. The second kappa shape index (κ2) is 6.49. The lowest BCUT2D eigenvalue weighted by Gasteiger charge is -2.14. The number of halogens is 1. The van der Waals surface area contributed by atoms with E-state index in [1.54, 1.807) is 0 Å². The molecule has 0 heterocycles. The van der Waals surface area contributed by atoms with Crippen molar-refractivity contribution in [1.82, 2.24) is 0 Å². The molecule has 0 saturated heterocycles. The molecule has 0 N–H and O–H groups in total. The van der Waals surface area contributed by atoms with Crippen LogP contribution in [0.2, 0.25) is 0 Å². The summed E-state index contributed by atoms with van der Waals surface area (Å²) in [5.74, 6) is 0. The minimum atomic E-state index is 0.789. The van der Waals surface area contributed by atoms with Gasteiger partial charge in [0.25, 0.3) is 0 Å². The summed E-state index contributed by atoms with van der Waals surface area (Å²) in [6.07, 6.45) is 0. The Bertz CT molecular complexity index is 526. The highest BCUT2D eigenvalue weighted by molar-refractivity contribution is 14.1. The maximum Gasteiger partial charge on any atom is 0.101 e. The molecule has 0 bridgehead atoms. The fraction of sp³-hybridized carbons (Fsp3) is 0.143. The highest BCUT2D eigenvalue weighted by Crippen LogP contribution is 2.22. The van der Waals surface area contributed by atoms with E-state index in [0.29, 0.717) is 0 Å². The Morgan fingerprint density at radius 3 is 2.33 bits per heavy atom. The first-order valence-electron chi connectivity index (χ1n) is 5.80. The van der Waals surface area contributed by atoms with E-state index in [9.17, 15) is 0 Å². The van der Waals surface area contributed by atoms with Gasteiger partial charge in [0.2, 0.25) is 0 Å². The van der Waals surface area contributed by atoms with Crippen molar-refractivity contribution in [3.63, 3.8) is 0 Å². The van der Waals surface area contributed by atoms with E-state index < -0.39 is 0 Å². The van der Waals surface area contributed by atoms with Crippen LogP contribution in [0.25, 0.3) is 0 Å². The maximum absolute atomic E-state index is 4.30. The smallest absolute Gasteiger partial charge is 0.101 e. The lowest BCUT2D eigenvalue weighted by Crippen LogP contribution is -2.13. The molecule has 0 saturated carbocycles. The molecular formula is C14H14IN3. The van der Waals surface area contributed by atoms with E-state index in [2.05, 4.69) is 39.9 Å². The van der Waals surface area contributed by atoms with E-state index in [1.165, 1.54) is 0 Å². The van der Waals surface area contributed by atoms with Crippen LogP contribution in [0.3, 0.4) is 0 Å². The van der Waals surface area contributed by atoms with E-state index in [0.717, 1.165) is 21.5 Å². The zero-order chi connectivity index (χ0) is 12.8. The van der Waals surface area contributed by atoms with Crippen LogP contribution >= 0.6 is 22.6 Å². The summed E-state index contributed by atoms with van der Waals surface area (Å²) >= 11 is 2.26. The molecule has 4 heteroatoms. The van der Waals surface area contributed by atoms with Crippen molar-refractivity contribution >= 4 is 34.0 Å². The van der Waals surface area contributed by atoms with Gasteiger partial charge in [-0.2, -0.15) is 0 Å². The number of benzene rings is 2. The number of rotatable bonds is 4. The molecule has 0 aliphatic carbocycles. The predicted octanol–water partition coefficient (Wildman–Crippen LogP) is 4.82. The molecule has 18 heavy (non-hydrogen) atoms. The van der Waals surface area contributed by atoms with Gasteiger partial charge in [-0.3, -0.25) is 0 Å². The van der Waals surface area contributed by atoms with Crippen molar-refractivity contribution in [2.24, 2.45) is 10.3 Å². The fourth-order valence-corrected chi connectivity index (χ4v) is 2.03. The van der Waals surface area contributed by atoms with Crippen molar-refractivity contribution in [2.45, 2.75) is 6.92 Å². The maximum atomic E-state index is 4.30. The molecule has 0 aliphatic heterocycles. The quantitative estimate of drug-likeness (QED) is 0.441. The molecule has 0 unspecified atom stereocenters. The zero-order valence-corrected chi connectivity index (χ0v) is 12.3. The molecular weight excluding hydrogens is 337 g/mol. The minimum Gasteiger partial charge on any atom is -0.247 e. The number of nitrogens with zero attached hydrogens (tertiary/aromatic N) is 3. The second-order valence-corrected chi connectivity index (χ2v) is 4.85. The van der Waals surface area contributed by atoms with Crippen LogP contribution in [0, 0.1) is 3.57 Å². The van der Waals surface area contributed by atoms with Gasteiger partial charge in [-0.15, -0.1) is 5.11 Å². The fourth-order valence-electron chi connectivity index (χ4n) is 1.53. The number of anilines is 1. The number of hydrogen-bond acceptors (Lipinski definition) is 2. The summed E-state index contributed by atoms with van der Waals surface area (Å²) in [6, 6.07) is 18.0. The van der Waals surface area contributed by atoms with Gasteiger partial charge < -0.3 is 0 Å². The molecule has 0 spiro atoms. The summed E-state index contributed by atoms with van der Waals surface area (Å²) in [5.41, 5.74) is 1.95. The molecule has 2 aromatic carbocycles. The van der Waals surface area contributed by atoms with E-state index in [4.69, 9.17) is 0 Å². The first kappa shape index (κ1) is 13.0. The van der Waals surface area contributed by atoms with E-state index >= 15 is 0 Å². The van der Waals surface area contributed by atoms with Crippen LogP contribution in [0.1, 0.15) is 6.92 Å². The highest BCUT2D eigenvalue weighted by atomic mass is 127. The van der Waals surface area contributed by atoms with Crippen molar-refractivity contribution in [3.05, 3.63) is 58.2 Å². The molecule has 3 nitrogen and oxygen atoms in total. The standard InChI is InChI=1S/C14H14IN3/c1-2-18(12-8-4-3-5-9-12)17-16-14-11-7-6-10-13(14)15/h3-11H,2H2,1H3. The third-order valence-electron chi connectivity index (χ3n) is 2.47. The Morgan fingerprint density at radius 1 is 1.00 bits per heavy atom. The first-order valence-corrected chi connectivity index (χ1v) is 6.88. The Labute approximate surface area is 121 Å². The van der Waals surface area contributed by atoms with Crippen LogP contribution in [-0.4, -0.2) is 6.54 Å². The third-order valence-corrected chi connectivity index (χ3v) is 3.38. The molecule has 0 radical (unpaired) electrons. The molecule has 0 fully saturated rings. The highest BCUT2D eigenvalue weighted by Gasteiger charge is 2.01. The topological polar surface area (TPSA) is 28.0 Å². The Hall–Kier alpha value is -1.43. The molecule has 0 amide bonds. The second-order valence-electron chi connectivity index (χ2n) is 3.69. The van der Waals surface area contributed by atoms with Crippen LogP contribution in [0.15, 0.2) is 64.9 Å².